The third kappa shape index (κ3) is 8.43. The van der Waals surface area contributed by atoms with E-state index < -0.39 is 0 Å². The maximum Gasteiger partial charge on any atom is 0.106 e. The highest BCUT2D eigenvalue weighted by Gasteiger charge is 1.85. The Labute approximate surface area is 78.0 Å². The first-order valence-electron chi connectivity index (χ1n) is 3.66. The standard InChI is InChI=1S/C8H10O.2CH2O/c9-7-6-8-4-2-1-3-5-8;2*1-2/h1-5,9H,6-7H2;2*1H2. The van der Waals surface area contributed by atoms with Crippen LogP contribution in [0.2, 0.25) is 0 Å². The predicted molar refractivity (Wildman–Crippen MR) is 51.5 cm³/mol. The molecule has 0 spiro atoms. The number of rotatable bonds is 2. The van der Waals surface area contributed by atoms with Gasteiger partial charge < -0.3 is 14.7 Å². The maximum atomic E-state index is 8.52. The molecule has 0 saturated heterocycles. The molecule has 3 nitrogen and oxygen atoms in total. The predicted octanol–water partition coefficient (Wildman–Crippen LogP) is 0.852. The summed E-state index contributed by atoms with van der Waals surface area (Å²) in [5.74, 6) is 0. The second-order valence-corrected chi connectivity index (χ2v) is 1.96. The lowest BCUT2D eigenvalue weighted by Crippen LogP contribution is -1.88. The molecule has 0 aromatic heterocycles. The second kappa shape index (κ2) is 13.1. The van der Waals surface area contributed by atoms with Crippen LogP contribution in [0.1, 0.15) is 5.56 Å². The van der Waals surface area contributed by atoms with E-state index in [9.17, 15) is 0 Å². The first kappa shape index (κ1) is 14.1. The number of hydrogen-bond acceptors (Lipinski definition) is 3. The summed E-state index contributed by atoms with van der Waals surface area (Å²) in [4.78, 5) is 16.0. The van der Waals surface area contributed by atoms with Gasteiger partial charge in [0.1, 0.15) is 13.6 Å². The van der Waals surface area contributed by atoms with Gasteiger partial charge >= 0.3 is 0 Å². The molecular formula is C10H14O3. The van der Waals surface area contributed by atoms with Gasteiger partial charge in [-0.2, -0.15) is 0 Å². The smallest absolute Gasteiger partial charge is 0.106 e. The van der Waals surface area contributed by atoms with Gasteiger partial charge in [0, 0.05) is 6.61 Å². The molecule has 0 atom stereocenters. The molecule has 1 aromatic rings. The highest BCUT2D eigenvalue weighted by atomic mass is 16.2. The third-order valence-corrected chi connectivity index (χ3v) is 1.24. The Bertz CT molecular complexity index is 185. The van der Waals surface area contributed by atoms with Crippen molar-refractivity contribution in [3.63, 3.8) is 0 Å². The number of hydrogen-bond donors (Lipinski definition) is 1. The molecule has 13 heavy (non-hydrogen) atoms. The van der Waals surface area contributed by atoms with Crippen LogP contribution in [0.3, 0.4) is 0 Å². The van der Waals surface area contributed by atoms with Gasteiger partial charge in [-0.15, -0.1) is 0 Å². The van der Waals surface area contributed by atoms with Crippen molar-refractivity contribution >= 4 is 13.6 Å². The average Bonchev–Trinajstić information content (AvgIpc) is 2.26. The minimum Gasteiger partial charge on any atom is -0.396 e. The quantitative estimate of drug-likeness (QED) is 0.737. The lowest BCUT2D eigenvalue weighted by molar-refractivity contribution is -0.0987. The molecule has 72 valence electrons. The van der Waals surface area contributed by atoms with Gasteiger partial charge in [-0.25, -0.2) is 0 Å². The molecule has 0 unspecified atom stereocenters. The summed E-state index contributed by atoms with van der Waals surface area (Å²) in [7, 11) is 0. The number of aliphatic hydroxyl groups excluding tert-OH is 1. The molecule has 0 fully saturated rings. The fourth-order valence-electron chi connectivity index (χ4n) is 0.774. The molecule has 0 radical (unpaired) electrons. The van der Waals surface area contributed by atoms with E-state index in [1.165, 1.54) is 5.56 Å². The van der Waals surface area contributed by atoms with Crippen molar-refractivity contribution in [2.75, 3.05) is 6.61 Å². The van der Waals surface area contributed by atoms with Crippen molar-refractivity contribution in [2.24, 2.45) is 0 Å². The lowest BCUT2D eigenvalue weighted by Gasteiger charge is -1.93. The first-order valence-corrected chi connectivity index (χ1v) is 3.66. The Morgan fingerprint density at radius 3 is 1.85 bits per heavy atom. The van der Waals surface area contributed by atoms with E-state index in [0.717, 1.165) is 6.42 Å². The highest BCUT2D eigenvalue weighted by molar-refractivity contribution is 5.14. The van der Waals surface area contributed by atoms with Crippen molar-refractivity contribution < 1.29 is 14.7 Å². The second-order valence-electron chi connectivity index (χ2n) is 1.96. The minimum atomic E-state index is 0.240. The largest absolute Gasteiger partial charge is 0.396 e. The molecule has 0 aliphatic carbocycles. The molecule has 1 N–H and O–H groups in total. The average molecular weight is 182 g/mol. The number of aliphatic hydroxyl groups is 1. The van der Waals surface area contributed by atoms with Crippen molar-refractivity contribution in [1.29, 1.82) is 0 Å². The van der Waals surface area contributed by atoms with Crippen molar-refractivity contribution in [3.8, 4) is 0 Å². The topological polar surface area (TPSA) is 54.4 Å². The van der Waals surface area contributed by atoms with Crippen LogP contribution in [0.25, 0.3) is 0 Å². The van der Waals surface area contributed by atoms with Crippen LogP contribution in [0.5, 0.6) is 0 Å². The molecule has 0 amide bonds. The van der Waals surface area contributed by atoms with Crippen molar-refractivity contribution in [3.05, 3.63) is 35.9 Å². The summed E-state index contributed by atoms with van der Waals surface area (Å²) >= 11 is 0. The van der Waals surface area contributed by atoms with E-state index in [-0.39, 0.29) is 6.61 Å². The highest BCUT2D eigenvalue weighted by Crippen LogP contribution is 1.97. The van der Waals surface area contributed by atoms with E-state index in [0.29, 0.717) is 0 Å². The van der Waals surface area contributed by atoms with Crippen LogP contribution in [0, 0.1) is 0 Å². The summed E-state index contributed by atoms with van der Waals surface area (Å²) in [6, 6.07) is 9.95. The van der Waals surface area contributed by atoms with Crippen molar-refractivity contribution in [1.82, 2.24) is 0 Å². The summed E-state index contributed by atoms with van der Waals surface area (Å²) < 4.78 is 0. The van der Waals surface area contributed by atoms with Gasteiger partial charge in [0.05, 0.1) is 0 Å². The van der Waals surface area contributed by atoms with Crippen LogP contribution < -0.4 is 0 Å². The van der Waals surface area contributed by atoms with Gasteiger partial charge in [-0.05, 0) is 12.0 Å². The zero-order valence-corrected chi connectivity index (χ0v) is 7.48. The molecule has 1 aromatic carbocycles. The molecule has 0 heterocycles. The Morgan fingerprint density at radius 1 is 1.00 bits per heavy atom. The fraction of sp³-hybridized carbons (Fsp3) is 0.200. The number of benzene rings is 1. The molecule has 0 aliphatic rings. The summed E-state index contributed by atoms with van der Waals surface area (Å²) in [5.41, 5.74) is 1.19. The van der Waals surface area contributed by atoms with Crippen LogP contribution >= 0.6 is 0 Å². The molecule has 0 saturated carbocycles. The summed E-state index contributed by atoms with van der Waals surface area (Å²) in [6.07, 6.45) is 0.765. The first-order chi connectivity index (χ1) is 6.43. The third-order valence-electron chi connectivity index (χ3n) is 1.24. The summed E-state index contributed by atoms with van der Waals surface area (Å²) in [6.45, 7) is 4.24. The van der Waals surface area contributed by atoms with Crippen LogP contribution in [-0.2, 0) is 16.0 Å². The Hall–Kier alpha value is -1.48. The molecule has 3 heteroatoms. The molecular weight excluding hydrogens is 168 g/mol. The van der Waals surface area contributed by atoms with E-state index in [2.05, 4.69) is 0 Å². The van der Waals surface area contributed by atoms with Gasteiger partial charge in [0.15, 0.2) is 0 Å². The van der Waals surface area contributed by atoms with Crippen molar-refractivity contribution in [2.45, 2.75) is 6.42 Å². The Morgan fingerprint density at radius 2 is 1.46 bits per heavy atom. The normalized spacial score (nSPS) is 7.15. The van der Waals surface area contributed by atoms with Gasteiger partial charge in [-0.3, -0.25) is 0 Å². The SMILES string of the molecule is C=O.C=O.OCCc1ccccc1. The lowest BCUT2D eigenvalue weighted by atomic mass is 10.2. The van der Waals surface area contributed by atoms with Gasteiger partial charge in [0.25, 0.3) is 0 Å². The Kier molecular flexibility index (Phi) is 14.2. The van der Waals surface area contributed by atoms with Gasteiger partial charge in [-0.1, -0.05) is 30.3 Å². The zero-order valence-electron chi connectivity index (χ0n) is 7.48. The zero-order chi connectivity index (χ0) is 10.5. The number of carbonyl (C=O) groups excluding carboxylic acids is 2. The van der Waals surface area contributed by atoms with Crippen LogP contribution in [-0.4, -0.2) is 25.3 Å². The van der Waals surface area contributed by atoms with Gasteiger partial charge in [0.2, 0.25) is 0 Å². The minimum absolute atomic E-state index is 0.240. The van der Waals surface area contributed by atoms with E-state index in [4.69, 9.17) is 14.7 Å². The van der Waals surface area contributed by atoms with E-state index >= 15 is 0 Å². The van der Waals surface area contributed by atoms with E-state index in [1.807, 2.05) is 43.9 Å². The maximum absolute atomic E-state index is 8.52. The fourth-order valence-corrected chi connectivity index (χ4v) is 0.774. The van der Waals surface area contributed by atoms with Crippen LogP contribution in [0.4, 0.5) is 0 Å². The van der Waals surface area contributed by atoms with E-state index in [1.54, 1.807) is 0 Å². The number of carbonyl (C=O) groups is 2. The molecule has 0 aliphatic heterocycles. The summed E-state index contributed by atoms with van der Waals surface area (Å²) in [5, 5.41) is 8.52. The molecule has 0 bridgehead atoms. The van der Waals surface area contributed by atoms with Crippen LogP contribution in [0.15, 0.2) is 30.3 Å². The monoisotopic (exact) mass is 182 g/mol. The molecule has 1 rings (SSSR count). The Balaban J connectivity index is 0.